The monoisotopic (exact) mass is 258 g/mol. The number of carbonyl (C=O) groups is 1. The Morgan fingerprint density at radius 3 is 3.24 bits per heavy atom. The van der Waals surface area contributed by atoms with Gasteiger partial charge in [0, 0.05) is 5.75 Å². The maximum Gasteiger partial charge on any atom is 0.407 e. The van der Waals surface area contributed by atoms with Crippen LogP contribution in [0.2, 0.25) is 0 Å². The highest BCUT2D eigenvalue weighted by Gasteiger charge is 2.44. The summed E-state index contributed by atoms with van der Waals surface area (Å²) in [4.78, 5) is 16.6. The number of nitrogens with one attached hydrogen (secondary N) is 1. The minimum Gasteiger partial charge on any atom is -0.453 e. The SMILES string of the molecule is CCCC[C@@H]1ON=C2[C@@H](NC(=O)OC)CS[C@@H]21. The molecule has 0 aromatic heterocycles. The molecular weight excluding hydrogens is 240 g/mol. The fourth-order valence-corrected chi connectivity index (χ4v) is 3.52. The number of hydrogen-bond acceptors (Lipinski definition) is 5. The van der Waals surface area contributed by atoms with Crippen molar-refractivity contribution in [3.63, 3.8) is 0 Å². The summed E-state index contributed by atoms with van der Waals surface area (Å²) in [5.41, 5.74) is 0.960. The predicted octanol–water partition coefficient (Wildman–Crippen LogP) is 1.77. The smallest absolute Gasteiger partial charge is 0.407 e. The van der Waals surface area contributed by atoms with Crippen LogP contribution in [0.15, 0.2) is 5.16 Å². The zero-order valence-electron chi connectivity index (χ0n) is 10.1. The minimum absolute atomic E-state index is 0.0379. The Morgan fingerprint density at radius 2 is 2.53 bits per heavy atom. The lowest BCUT2D eigenvalue weighted by molar-refractivity contribution is 0.0798. The number of nitrogens with zero attached hydrogens (tertiary/aromatic N) is 1. The Hall–Kier alpha value is -0.910. The summed E-state index contributed by atoms with van der Waals surface area (Å²) in [7, 11) is 1.37. The average Bonchev–Trinajstić information content (AvgIpc) is 2.90. The number of amides is 1. The van der Waals surface area contributed by atoms with Crippen LogP contribution in [0, 0.1) is 0 Å². The van der Waals surface area contributed by atoms with Crippen LogP contribution in [0.1, 0.15) is 26.2 Å². The third kappa shape index (κ3) is 2.68. The molecule has 2 aliphatic rings. The molecule has 0 radical (unpaired) electrons. The molecule has 2 aliphatic heterocycles. The van der Waals surface area contributed by atoms with Crippen LogP contribution < -0.4 is 5.32 Å². The molecule has 5 nitrogen and oxygen atoms in total. The highest BCUT2D eigenvalue weighted by Crippen LogP contribution is 2.35. The lowest BCUT2D eigenvalue weighted by Gasteiger charge is -2.12. The van der Waals surface area contributed by atoms with Gasteiger partial charge in [0.05, 0.1) is 24.1 Å². The van der Waals surface area contributed by atoms with Crippen molar-refractivity contribution in [3.8, 4) is 0 Å². The summed E-state index contributed by atoms with van der Waals surface area (Å²) in [5.74, 6) is 0.852. The number of methoxy groups -OCH3 is 1. The van der Waals surface area contributed by atoms with Gasteiger partial charge in [-0.25, -0.2) is 4.79 Å². The van der Waals surface area contributed by atoms with Crippen LogP contribution >= 0.6 is 11.8 Å². The van der Waals surface area contributed by atoms with Gasteiger partial charge >= 0.3 is 6.09 Å². The molecule has 0 unspecified atom stereocenters. The van der Waals surface area contributed by atoms with Crippen molar-refractivity contribution in [2.45, 2.75) is 43.6 Å². The van der Waals surface area contributed by atoms with Crippen molar-refractivity contribution >= 4 is 23.6 Å². The van der Waals surface area contributed by atoms with Gasteiger partial charge in [0.15, 0.2) is 0 Å². The third-order valence-electron chi connectivity index (χ3n) is 3.04. The van der Waals surface area contributed by atoms with Crippen LogP contribution in [0.3, 0.4) is 0 Å². The van der Waals surface area contributed by atoms with Gasteiger partial charge in [-0.2, -0.15) is 0 Å². The fourth-order valence-electron chi connectivity index (χ4n) is 2.09. The molecule has 1 N–H and O–H groups in total. The number of alkyl carbamates (subject to hydrolysis) is 1. The first-order valence-corrected chi connectivity index (χ1v) is 7.00. The number of ether oxygens (including phenoxy) is 1. The van der Waals surface area contributed by atoms with Crippen LogP contribution in [0.25, 0.3) is 0 Å². The summed E-state index contributed by atoms with van der Waals surface area (Å²) in [6.45, 7) is 2.17. The average molecular weight is 258 g/mol. The number of rotatable bonds is 4. The summed E-state index contributed by atoms with van der Waals surface area (Å²) >= 11 is 1.81. The topological polar surface area (TPSA) is 59.9 Å². The largest absolute Gasteiger partial charge is 0.453 e. The van der Waals surface area contributed by atoms with Gasteiger partial charge in [0.25, 0.3) is 0 Å². The molecule has 1 amide bonds. The zero-order chi connectivity index (χ0) is 12.3. The van der Waals surface area contributed by atoms with E-state index in [0.29, 0.717) is 5.25 Å². The summed E-state index contributed by atoms with van der Waals surface area (Å²) < 4.78 is 4.60. The highest BCUT2D eigenvalue weighted by atomic mass is 32.2. The van der Waals surface area contributed by atoms with E-state index >= 15 is 0 Å². The van der Waals surface area contributed by atoms with E-state index in [1.807, 2.05) is 0 Å². The van der Waals surface area contributed by atoms with E-state index in [1.165, 1.54) is 7.11 Å². The number of hydrogen-bond donors (Lipinski definition) is 1. The summed E-state index contributed by atoms with van der Waals surface area (Å²) in [6.07, 6.45) is 3.12. The lowest BCUT2D eigenvalue weighted by Crippen LogP contribution is -2.41. The Balaban J connectivity index is 1.89. The molecule has 2 rings (SSSR count). The second-order valence-corrected chi connectivity index (χ2v) is 5.42. The van der Waals surface area contributed by atoms with Gasteiger partial charge in [0.2, 0.25) is 0 Å². The molecule has 96 valence electrons. The van der Waals surface area contributed by atoms with Gasteiger partial charge in [-0.05, 0) is 12.8 Å². The predicted molar refractivity (Wildman–Crippen MR) is 67.4 cm³/mol. The molecule has 17 heavy (non-hydrogen) atoms. The summed E-state index contributed by atoms with van der Waals surface area (Å²) in [6, 6.07) is -0.0379. The Morgan fingerprint density at radius 1 is 1.71 bits per heavy atom. The normalized spacial score (nSPS) is 30.5. The molecular formula is C11H18N2O3S. The molecule has 3 atom stereocenters. The van der Waals surface area contributed by atoms with E-state index in [9.17, 15) is 4.79 Å². The molecule has 0 aliphatic carbocycles. The van der Waals surface area contributed by atoms with E-state index in [2.05, 4.69) is 22.1 Å². The van der Waals surface area contributed by atoms with Gasteiger partial charge < -0.3 is 14.9 Å². The molecule has 0 aromatic carbocycles. The second-order valence-electron chi connectivity index (χ2n) is 4.24. The first-order chi connectivity index (χ1) is 8.26. The van der Waals surface area contributed by atoms with Gasteiger partial charge in [-0.3, -0.25) is 0 Å². The molecule has 0 bridgehead atoms. The van der Waals surface area contributed by atoms with Crippen LogP contribution in [-0.4, -0.2) is 42.1 Å². The van der Waals surface area contributed by atoms with E-state index in [4.69, 9.17) is 4.84 Å². The van der Waals surface area contributed by atoms with Crippen molar-refractivity contribution < 1.29 is 14.4 Å². The van der Waals surface area contributed by atoms with Crippen LogP contribution in [0.5, 0.6) is 0 Å². The molecule has 2 heterocycles. The number of oxime groups is 1. The Bertz CT molecular complexity index is 322. The van der Waals surface area contributed by atoms with Crippen molar-refractivity contribution in [2.75, 3.05) is 12.9 Å². The van der Waals surface area contributed by atoms with Crippen LogP contribution in [-0.2, 0) is 9.57 Å². The number of fused-ring (bicyclic) bond motifs is 1. The Kier molecular flexibility index (Phi) is 4.15. The van der Waals surface area contributed by atoms with Crippen molar-refractivity contribution in [3.05, 3.63) is 0 Å². The minimum atomic E-state index is -0.407. The number of thioether (sulfide) groups is 1. The third-order valence-corrected chi connectivity index (χ3v) is 4.47. The first-order valence-electron chi connectivity index (χ1n) is 5.96. The molecule has 0 saturated carbocycles. The zero-order valence-corrected chi connectivity index (χ0v) is 11.0. The standard InChI is InChI=1S/C11H18N2O3S/c1-3-4-5-8-10-9(13-16-8)7(6-17-10)12-11(14)15-2/h7-8,10H,3-6H2,1-2H3,(H,12,14)/t7-,8-,10+/m0/s1. The van der Waals surface area contributed by atoms with Gasteiger partial charge in [-0.15, -0.1) is 11.8 Å². The van der Waals surface area contributed by atoms with Crippen molar-refractivity contribution in [1.29, 1.82) is 0 Å². The van der Waals surface area contributed by atoms with Crippen molar-refractivity contribution in [2.24, 2.45) is 5.16 Å². The lowest BCUT2D eigenvalue weighted by atomic mass is 10.0. The highest BCUT2D eigenvalue weighted by molar-refractivity contribution is 8.01. The molecule has 1 fully saturated rings. The van der Waals surface area contributed by atoms with E-state index in [-0.39, 0.29) is 12.1 Å². The van der Waals surface area contributed by atoms with E-state index < -0.39 is 6.09 Å². The quantitative estimate of drug-likeness (QED) is 0.835. The van der Waals surface area contributed by atoms with Gasteiger partial charge in [-0.1, -0.05) is 18.5 Å². The molecule has 0 aromatic rings. The molecule has 0 spiro atoms. The maximum atomic E-state index is 11.2. The fraction of sp³-hybridized carbons (Fsp3) is 0.818. The van der Waals surface area contributed by atoms with Crippen LogP contribution in [0.4, 0.5) is 4.79 Å². The first kappa shape index (κ1) is 12.5. The van der Waals surface area contributed by atoms with Crippen molar-refractivity contribution in [1.82, 2.24) is 5.32 Å². The van der Waals surface area contributed by atoms with Gasteiger partial charge in [0.1, 0.15) is 6.10 Å². The summed E-state index contributed by atoms with van der Waals surface area (Å²) in [5, 5.41) is 7.22. The molecule has 1 saturated heterocycles. The maximum absolute atomic E-state index is 11.2. The molecule has 6 heteroatoms. The number of unbranched alkanes of at least 4 members (excludes halogenated alkanes) is 1. The Labute approximate surface area is 105 Å². The van der Waals surface area contributed by atoms with E-state index in [1.54, 1.807) is 11.8 Å². The number of carbonyl (C=O) groups excluding carboxylic acids is 1. The second kappa shape index (κ2) is 5.62. The van der Waals surface area contributed by atoms with E-state index in [0.717, 1.165) is 30.7 Å².